The molecule has 0 saturated carbocycles. The monoisotopic (exact) mass is 448 g/mol. The average Bonchev–Trinajstić information content (AvgIpc) is 3.39. The van der Waals surface area contributed by atoms with Gasteiger partial charge in [-0.1, -0.05) is 37.7 Å². The molecule has 1 saturated heterocycles. The number of sulfonamides is 1. The summed E-state index contributed by atoms with van der Waals surface area (Å²) in [4.78, 5) is 0.243. The number of thioether (sulfide) groups is 1. The Morgan fingerprint density at radius 1 is 1.13 bits per heavy atom. The van der Waals surface area contributed by atoms with Crippen molar-refractivity contribution in [3.63, 3.8) is 0 Å². The fourth-order valence-corrected chi connectivity index (χ4v) is 5.48. The highest BCUT2D eigenvalue weighted by molar-refractivity contribution is 7.99. The maximum atomic E-state index is 13.1. The summed E-state index contributed by atoms with van der Waals surface area (Å²) in [5.41, 5.74) is 0.694. The van der Waals surface area contributed by atoms with Gasteiger partial charge in [0.15, 0.2) is 11.0 Å². The second-order valence-electron chi connectivity index (χ2n) is 7.18. The third kappa shape index (κ3) is 4.46. The molecule has 0 amide bonds. The predicted octanol–water partition coefficient (Wildman–Crippen LogP) is 3.11. The van der Waals surface area contributed by atoms with Gasteiger partial charge in [-0.2, -0.15) is 4.31 Å². The second kappa shape index (κ2) is 8.93. The van der Waals surface area contributed by atoms with Crippen LogP contribution in [-0.4, -0.2) is 59.0 Å². The Bertz CT molecular complexity index is 1090. The SMILES string of the molecule is CC(C)Sc1nnc(-c2cccc(S(=O)(=O)N3CCOCC3)c2)n1Cc1ccco1. The molecule has 3 heterocycles. The Labute approximate surface area is 180 Å². The van der Waals surface area contributed by atoms with E-state index in [9.17, 15) is 8.42 Å². The fourth-order valence-electron chi connectivity index (χ4n) is 3.23. The zero-order valence-corrected chi connectivity index (χ0v) is 18.5. The topological polar surface area (TPSA) is 90.5 Å². The molecule has 1 aromatic carbocycles. The van der Waals surface area contributed by atoms with Crippen molar-refractivity contribution in [2.45, 2.75) is 35.7 Å². The molecular formula is C20H24N4O4S2. The van der Waals surface area contributed by atoms with Crippen LogP contribution >= 0.6 is 11.8 Å². The lowest BCUT2D eigenvalue weighted by molar-refractivity contribution is 0.0730. The van der Waals surface area contributed by atoms with Crippen LogP contribution in [-0.2, 0) is 21.3 Å². The van der Waals surface area contributed by atoms with Gasteiger partial charge in [0.2, 0.25) is 10.0 Å². The number of aromatic nitrogens is 3. The van der Waals surface area contributed by atoms with Crippen molar-refractivity contribution in [3.05, 3.63) is 48.4 Å². The van der Waals surface area contributed by atoms with Gasteiger partial charge in [0.25, 0.3) is 0 Å². The second-order valence-corrected chi connectivity index (χ2v) is 10.7. The first-order valence-corrected chi connectivity index (χ1v) is 12.1. The number of morpholine rings is 1. The molecule has 0 radical (unpaired) electrons. The van der Waals surface area contributed by atoms with Crippen molar-refractivity contribution in [2.75, 3.05) is 26.3 Å². The summed E-state index contributed by atoms with van der Waals surface area (Å²) < 4.78 is 40.4. The van der Waals surface area contributed by atoms with E-state index < -0.39 is 10.0 Å². The van der Waals surface area contributed by atoms with Crippen LogP contribution in [0.1, 0.15) is 19.6 Å². The first kappa shape index (κ1) is 21.1. The Morgan fingerprint density at radius 2 is 1.93 bits per heavy atom. The molecule has 160 valence electrons. The summed E-state index contributed by atoms with van der Waals surface area (Å²) in [6, 6.07) is 10.6. The van der Waals surface area contributed by atoms with Gasteiger partial charge < -0.3 is 9.15 Å². The first-order valence-electron chi connectivity index (χ1n) is 9.76. The van der Waals surface area contributed by atoms with Gasteiger partial charge in [-0.25, -0.2) is 8.42 Å². The Hall–Kier alpha value is -2.14. The van der Waals surface area contributed by atoms with Crippen LogP contribution in [0, 0.1) is 0 Å². The van der Waals surface area contributed by atoms with Gasteiger partial charge in [-0.3, -0.25) is 4.57 Å². The van der Waals surface area contributed by atoms with Gasteiger partial charge in [0.05, 0.1) is 30.9 Å². The van der Waals surface area contributed by atoms with Crippen molar-refractivity contribution >= 4 is 21.8 Å². The van der Waals surface area contributed by atoms with Crippen LogP contribution in [0.25, 0.3) is 11.4 Å². The number of nitrogens with zero attached hydrogens (tertiary/aromatic N) is 4. The number of rotatable bonds is 7. The molecule has 2 aromatic heterocycles. The highest BCUT2D eigenvalue weighted by Gasteiger charge is 2.27. The van der Waals surface area contributed by atoms with Gasteiger partial charge in [0.1, 0.15) is 5.76 Å². The van der Waals surface area contributed by atoms with Crippen LogP contribution < -0.4 is 0 Å². The molecule has 1 fully saturated rings. The molecule has 8 nitrogen and oxygen atoms in total. The molecule has 0 atom stereocenters. The third-order valence-electron chi connectivity index (χ3n) is 4.65. The summed E-state index contributed by atoms with van der Waals surface area (Å²) in [5, 5.41) is 9.82. The van der Waals surface area contributed by atoms with E-state index in [1.54, 1.807) is 36.2 Å². The smallest absolute Gasteiger partial charge is 0.243 e. The van der Waals surface area contributed by atoms with E-state index in [-0.39, 0.29) is 4.90 Å². The lowest BCUT2D eigenvalue weighted by Gasteiger charge is -2.26. The molecule has 0 unspecified atom stereocenters. The summed E-state index contributed by atoms with van der Waals surface area (Å²) >= 11 is 1.60. The van der Waals surface area contributed by atoms with Crippen LogP contribution in [0.15, 0.2) is 57.1 Å². The lowest BCUT2D eigenvalue weighted by Crippen LogP contribution is -2.40. The highest BCUT2D eigenvalue weighted by Crippen LogP contribution is 2.29. The molecule has 1 aliphatic heterocycles. The van der Waals surface area contributed by atoms with E-state index in [1.165, 1.54) is 4.31 Å². The molecular weight excluding hydrogens is 424 g/mol. The van der Waals surface area contributed by atoms with E-state index in [0.29, 0.717) is 49.5 Å². The normalized spacial score (nSPS) is 15.7. The lowest BCUT2D eigenvalue weighted by atomic mass is 10.2. The zero-order valence-electron chi connectivity index (χ0n) is 16.9. The molecule has 0 bridgehead atoms. The minimum absolute atomic E-state index is 0.243. The van der Waals surface area contributed by atoms with Gasteiger partial charge >= 0.3 is 0 Å². The standard InChI is InChI=1S/C20H24N4O4S2/c1-15(2)29-20-22-21-19(24(20)14-17-6-4-10-28-17)16-5-3-7-18(13-16)30(25,26)23-8-11-27-12-9-23/h3-7,10,13,15H,8-9,11-12,14H2,1-2H3. The molecule has 1 aliphatic rings. The number of ether oxygens (including phenoxy) is 1. The van der Waals surface area contributed by atoms with E-state index in [4.69, 9.17) is 9.15 Å². The van der Waals surface area contributed by atoms with Crippen molar-refractivity contribution in [3.8, 4) is 11.4 Å². The van der Waals surface area contributed by atoms with Crippen molar-refractivity contribution in [1.82, 2.24) is 19.1 Å². The van der Waals surface area contributed by atoms with Crippen molar-refractivity contribution in [1.29, 1.82) is 0 Å². The van der Waals surface area contributed by atoms with Crippen LogP contribution in [0.4, 0.5) is 0 Å². The zero-order chi connectivity index (χ0) is 21.1. The summed E-state index contributed by atoms with van der Waals surface area (Å²) in [5.74, 6) is 1.38. The van der Waals surface area contributed by atoms with E-state index in [1.807, 2.05) is 22.8 Å². The minimum Gasteiger partial charge on any atom is -0.467 e. The molecule has 4 rings (SSSR count). The molecule has 3 aromatic rings. The molecule has 0 N–H and O–H groups in total. The van der Waals surface area contributed by atoms with Crippen LogP contribution in [0.5, 0.6) is 0 Å². The average molecular weight is 449 g/mol. The first-order chi connectivity index (χ1) is 14.4. The summed E-state index contributed by atoms with van der Waals surface area (Å²) in [7, 11) is -3.60. The third-order valence-corrected chi connectivity index (χ3v) is 7.53. The largest absolute Gasteiger partial charge is 0.467 e. The molecule has 30 heavy (non-hydrogen) atoms. The van der Waals surface area contributed by atoms with Gasteiger partial charge in [-0.05, 0) is 24.3 Å². The number of hydrogen-bond acceptors (Lipinski definition) is 7. The molecule has 0 aliphatic carbocycles. The number of hydrogen-bond donors (Lipinski definition) is 0. The Balaban J connectivity index is 1.72. The minimum atomic E-state index is -3.60. The van der Waals surface area contributed by atoms with Crippen molar-refractivity contribution < 1.29 is 17.6 Å². The van der Waals surface area contributed by atoms with E-state index in [2.05, 4.69) is 24.0 Å². The summed E-state index contributed by atoms with van der Waals surface area (Å²) in [6.07, 6.45) is 1.63. The van der Waals surface area contributed by atoms with E-state index in [0.717, 1.165) is 10.9 Å². The number of furan rings is 1. The Morgan fingerprint density at radius 3 is 2.63 bits per heavy atom. The quantitative estimate of drug-likeness (QED) is 0.513. The maximum absolute atomic E-state index is 13.1. The van der Waals surface area contributed by atoms with Crippen LogP contribution in [0.2, 0.25) is 0 Å². The van der Waals surface area contributed by atoms with Gasteiger partial charge in [-0.15, -0.1) is 10.2 Å². The van der Waals surface area contributed by atoms with Crippen LogP contribution in [0.3, 0.4) is 0 Å². The van der Waals surface area contributed by atoms with Crippen molar-refractivity contribution in [2.24, 2.45) is 0 Å². The predicted molar refractivity (Wildman–Crippen MR) is 114 cm³/mol. The Kier molecular flexibility index (Phi) is 6.28. The highest BCUT2D eigenvalue weighted by atomic mass is 32.2. The molecule has 10 heteroatoms. The maximum Gasteiger partial charge on any atom is 0.243 e. The fraction of sp³-hybridized carbons (Fsp3) is 0.400. The molecule has 0 spiro atoms. The summed E-state index contributed by atoms with van der Waals surface area (Å²) in [6.45, 7) is 6.17. The van der Waals surface area contributed by atoms with E-state index >= 15 is 0 Å². The number of benzene rings is 1. The van der Waals surface area contributed by atoms with Gasteiger partial charge in [0, 0.05) is 23.9 Å².